The molecule has 0 heterocycles. The molecular formula is C24H31NO8. The van der Waals surface area contributed by atoms with E-state index in [9.17, 15) is 19.2 Å². The second-order valence-electron chi connectivity index (χ2n) is 6.32. The van der Waals surface area contributed by atoms with Gasteiger partial charge in [0.25, 0.3) is 0 Å². The highest BCUT2D eigenvalue weighted by Gasteiger charge is 2.23. The van der Waals surface area contributed by atoms with E-state index in [1.807, 2.05) is 18.7 Å². The Morgan fingerprint density at radius 1 is 0.788 bits per heavy atom. The van der Waals surface area contributed by atoms with Gasteiger partial charge in [0.1, 0.15) is 0 Å². The summed E-state index contributed by atoms with van der Waals surface area (Å²) in [5.41, 5.74) is 0. The first kappa shape index (κ1) is 29.4. The number of hydrogen-bond donors (Lipinski definition) is 0. The highest BCUT2D eigenvalue weighted by atomic mass is 16.5. The molecule has 0 bridgehead atoms. The molecule has 0 saturated heterocycles. The number of ether oxygens (including phenoxy) is 4. The maximum Gasteiger partial charge on any atom is 0.331 e. The van der Waals surface area contributed by atoms with E-state index in [0.717, 1.165) is 25.2 Å². The van der Waals surface area contributed by atoms with Crippen LogP contribution in [0, 0.1) is 29.6 Å². The van der Waals surface area contributed by atoms with E-state index in [4.69, 9.17) is 14.2 Å². The number of carbonyl (C=O) groups excluding carboxylic acids is 4. The molecule has 0 aromatic heterocycles. The first-order valence-electron chi connectivity index (χ1n) is 10.4. The molecule has 0 aromatic carbocycles. The molecule has 0 aliphatic rings. The number of nitrogens with zero attached hydrogens (tertiary/aromatic N) is 1. The van der Waals surface area contributed by atoms with Gasteiger partial charge in [0.15, 0.2) is 26.4 Å². The third kappa shape index (κ3) is 15.8. The third-order valence-electron chi connectivity index (χ3n) is 4.15. The largest absolute Gasteiger partial charge is 0.452 e. The van der Waals surface area contributed by atoms with Crippen molar-refractivity contribution < 1.29 is 38.1 Å². The first-order chi connectivity index (χ1) is 15.9. The molecule has 0 radical (unpaired) electrons. The van der Waals surface area contributed by atoms with Gasteiger partial charge >= 0.3 is 23.9 Å². The molecule has 0 N–H and O–H groups in total. The SMILES string of the molecule is C=CC(=O)OCC#CCOC(=O)CCC(CN(CC)CC)C(=O)OCC#CCOC(=O)C=C. The first-order valence-corrected chi connectivity index (χ1v) is 10.4. The lowest BCUT2D eigenvalue weighted by Crippen LogP contribution is -2.34. The molecule has 0 saturated carbocycles. The van der Waals surface area contributed by atoms with E-state index in [1.165, 1.54) is 0 Å². The van der Waals surface area contributed by atoms with Crippen LogP contribution in [0.4, 0.5) is 0 Å². The lowest BCUT2D eigenvalue weighted by atomic mass is 10.0. The van der Waals surface area contributed by atoms with E-state index in [0.29, 0.717) is 6.54 Å². The quantitative estimate of drug-likeness (QED) is 0.164. The van der Waals surface area contributed by atoms with Crippen LogP contribution in [-0.2, 0) is 38.1 Å². The molecular weight excluding hydrogens is 430 g/mol. The summed E-state index contributed by atoms with van der Waals surface area (Å²) in [4.78, 5) is 48.3. The van der Waals surface area contributed by atoms with Gasteiger partial charge in [-0.25, -0.2) is 9.59 Å². The fourth-order valence-corrected chi connectivity index (χ4v) is 2.32. The number of rotatable bonds is 14. The van der Waals surface area contributed by atoms with Crippen LogP contribution in [0.1, 0.15) is 26.7 Å². The predicted molar refractivity (Wildman–Crippen MR) is 120 cm³/mol. The monoisotopic (exact) mass is 461 g/mol. The maximum absolute atomic E-state index is 12.5. The van der Waals surface area contributed by atoms with Crippen LogP contribution in [0.25, 0.3) is 0 Å². The normalized spacial score (nSPS) is 10.4. The number of carbonyl (C=O) groups is 4. The zero-order valence-corrected chi connectivity index (χ0v) is 19.2. The zero-order chi connectivity index (χ0) is 24.9. The standard InChI is InChI=1S/C24H31NO8/c1-5-21(26)30-15-9-10-17-32-23(28)14-13-20(19-25(7-3)8-4)24(29)33-18-12-11-16-31-22(27)6-2/h5-6,20H,1-2,7-8,13-19H2,3-4H3. The molecule has 0 amide bonds. The number of esters is 4. The lowest BCUT2D eigenvalue weighted by molar-refractivity contribution is -0.149. The van der Waals surface area contributed by atoms with Gasteiger partial charge in [0.05, 0.1) is 5.92 Å². The van der Waals surface area contributed by atoms with Crippen molar-refractivity contribution in [1.82, 2.24) is 4.90 Å². The summed E-state index contributed by atoms with van der Waals surface area (Å²) >= 11 is 0. The zero-order valence-electron chi connectivity index (χ0n) is 19.2. The van der Waals surface area contributed by atoms with E-state index in [-0.39, 0.29) is 39.3 Å². The molecule has 1 unspecified atom stereocenters. The molecule has 33 heavy (non-hydrogen) atoms. The van der Waals surface area contributed by atoms with Gasteiger partial charge in [-0.15, -0.1) is 0 Å². The minimum absolute atomic E-state index is 0.0113. The lowest BCUT2D eigenvalue weighted by Gasteiger charge is -2.23. The smallest absolute Gasteiger partial charge is 0.331 e. The molecule has 1 atom stereocenters. The van der Waals surface area contributed by atoms with Crippen molar-refractivity contribution >= 4 is 23.9 Å². The Kier molecular flexibility index (Phi) is 17.1. The van der Waals surface area contributed by atoms with Gasteiger partial charge in [-0.2, -0.15) is 0 Å². The van der Waals surface area contributed by atoms with E-state index in [1.54, 1.807) is 0 Å². The fraction of sp³-hybridized carbons (Fsp3) is 0.500. The maximum atomic E-state index is 12.5. The summed E-state index contributed by atoms with van der Waals surface area (Å²) in [6, 6.07) is 0. The predicted octanol–water partition coefficient (Wildman–Crippen LogP) is 1.28. The van der Waals surface area contributed by atoms with Crippen LogP contribution in [0.5, 0.6) is 0 Å². The van der Waals surface area contributed by atoms with Crippen molar-refractivity contribution in [3.05, 3.63) is 25.3 Å². The Bertz CT molecular complexity index is 793. The molecule has 0 fully saturated rings. The van der Waals surface area contributed by atoms with Crippen molar-refractivity contribution in [2.75, 3.05) is 46.1 Å². The minimum Gasteiger partial charge on any atom is -0.452 e. The summed E-state index contributed by atoms with van der Waals surface area (Å²) in [6.45, 7) is 11.8. The van der Waals surface area contributed by atoms with Gasteiger partial charge in [0, 0.05) is 25.1 Å². The van der Waals surface area contributed by atoms with Gasteiger partial charge in [-0.1, -0.05) is 50.7 Å². The van der Waals surface area contributed by atoms with E-state index >= 15 is 0 Å². The summed E-state index contributed by atoms with van der Waals surface area (Å²) in [5.74, 6) is 7.54. The van der Waals surface area contributed by atoms with Gasteiger partial charge in [-0.3, -0.25) is 9.59 Å². The molecule has 0 rings (SSSR count). The Morgan fingerprint density at radius 3 is 1.70 bits per heavy atom. The molecule has 9 nitrogen and oxygen atoms in total. The van der Waals surface area contributed by atoms with Crippen LogP contribution in [0.15, 0.2) is 25.3 Å². The van der Waals surface area contributed by atoms with Crippen molar-refractivity contribution in [3.63, 3.8) is 0 Å². The third-order valence-corrected chi connectivity index (χ3v) is 4.15. The van der Waals surface area contributed by atoms with Gasteiger partial charge in [0.2, 0.25) is 0 Å². The van der Waals surface area contributed by atoms with Gasteiger partial charge < -0.3 is 23.8 Å². The Labute approximate surface area is 195 Å². The van der Waals surface area contributed by atoms with Crippen LogP contribution < -0.4 is 0 Å². The summed E-state index contributed by atoms with van der Waals surface area (Å²) in [5, 5.41) is 0. The second-order valence-corrected chi connectivity index (χ2v) is 6.32. The molecule has 0 aliphatic heterocycles. The Morgan fingerprint density at radius 2 is 1.24 bits per heavy atom. The van der Waals surface area contributed by atoms with Crippen molar-refractivity contribution in [3.8, 4) is 23.7 Å². The molecule has 0 aliphatic carbocycles. The topological polar surface area (TPSA) is 108 Å². The molecule has 0 aromatic rings. The molecule has 0 spiro atoms. The molecule has 180 valence electrons. The van der Waals surface area contributed by atoms with E-state index in [2.05, 4.69) is 41.6 Å². The fourth-order valence-electron chi connectivity index (χ4n) is 2.32. The Balaban J connectivity index is 4.57. The van der Waals surface area contributed by atoms with Crippen LogP contribution in [0.2, 0.25) is 0 Å². The summed E-state index contributed by atoms with van der Waals surface area (Å²) in [6.07, 6.45) is 2.30. The average molecular weight is 462 g/mol. The highest BCUT2D eigenvalue weighted by Crippen LogP contribution is 2.12. The van der Waals surface area contributed by atoms with Crippen molar-refractivity contribution in [2.45, 2.75) is 26.7 Å². The van der Waals surface area contributed by atoms with Crippen LogP contribution in [-0.4, -0.2) is 74.8 Å². The van der Waals surface area contributed by atoms with Gasteiger partial charge in [-0.05, 0) is 19.5 Å². The van der Waals surface area contributed by atoms with Crippen LogP contribution in [0.3, 0.4) is 0 Å². The van der Waals surface area contributed by atoms with Crippen molar-refractivity contribution in [2.24, 2.45) is 5.92 Å². The molecule has 9 heteroatoms. The number of hydrogen-bond acceptors (Lipinski definition) is 9. The van der Waals surface area contributed by atoms with Crippen molar-refractivity contribution in [1.29, 1.82) is 0 Å². The Hall–Kier alpha value is -3.56. The second kappa shape index (κ2) is 19.1. The summed E-state index contributed by atoms with van der Waals surface area (Å²) in [7, 11) is 0. The average Bonchev–Trinajstić information content (AvgIpc) is 2.82. The van der Waals surface area contributed by atoms with Crippen LogP contribution >= 0.6 is 0 Å². The highest BCUT2D eigenvalue weighted by molar-refractivity contribution is 5.81. The summed E-state index contributed by atoms with van der Waals surface area (Å²) < 4.78 is 19.6. The van der Waals surface area contributed by atoms with E-state index < -0.39 is 29.8 Å². The minimum atomic E-state index is -0.588.